The fourth-order valence-electron chi connectivity index (χ4n) is 3.34. The number of aromatic amines is 1. The molecule has 122 valence electrons. The van der Waals surface area contributed by atoms with Crippen LogP contribution >= 0.6 is 0 Å². The second-order valence-corrected chi connectivity index (χ2v) is 6.04. The second-order valence-electron chi connectivity index (χ2n) is 6.04. The number of esters is 1. The zero-order valence-corrected chi connectivity index (χ0v) is 13.2. The molecule has 0 aliphatic heterocycles. The number of phenolic OH excluding ortho intramolecular Hbond substituents is 1. The van der Waals surface area contributed by atoms with Crippen molar-refractivity contribution in [3.8, 4) is 5.75 Å². The largest absolute Gasteiger partial charge is 0.508 e. The number of ether oxygens (including phenoxy) is 1. The number of phenols is 1. The van der Waals surface area contributed by atoms with E-state index in [1.807, 2.05) is 0 Å². The Morgan fingerprint density at radius 1 is 1.39 bits per heavy atom. The molecule has 1 aliphatic rings. The standard InChI is InChI=1S/C18H21NO4/c1-2-23-18(22)17-14(9-11-5-3-4-6-16(11)21)13-10-12(20)7-8-15(13)19-17/h7-8,10-11,19-20H,2-6,9H2,1H3. The molecule has 2 aromatic rings. The van der Waals surface area contributed by atoms with E-state index in [0.717, 1.165) is 35.7 Å². The quantitative estimate of drug-likeness (QED) is 0.848. The zero-order valence-electron chi connectivity index (χ0n) is 13.2. The number of nitrogens with one attached hydrogen (secondary N) is 1. The number of fused-ring (bicyclic) bond motifs is 1. The summed E-state index contributed by atoms with van der Waals surface area (Å²) in [5, 5.41) is 10.6. The average molecular weight is 315 g/mol. The van der Waals surface area contributed by atoms with Gasteiger partial charge in [0.05, 0.1) is 6.61 Å². The molecule has 3 rings (SSSR count). The molecular formula is C18H21NO4. The van der Waals surface area contributed by atoms with Crippen LogP contribution in [0.15, 0.2) is 18.2 Å². The van der Waals surface area contributed by atoms with Crippen molar-refractivity contribution < 1.29 is 19.4 Å². The van der Waals surface area contributed by atoms with E-state index in [-0.39, 0.29) is 17.5 Å². The first-order chi connectivity index (χ1) is 11.1. The van der Waals surface area contributed by atoms with Gasteiger partial charge in [0.1, 0.15) is 17.2 Å². The van der Waals surface area contributed by atoms with Gasteiger partial charge in [-0.1, -0.05) is 6.42 Å². The monoisotopic (exact) mass is 315 g/mol. The second kappa shape index (κ2) is 6.44. The molecule has 1 unspecified atom stereocenters. The van der Waals surface area contributed by atoms with E-state index in [1.54, 1.807) is 25.1 Å². The van der Waals surface area contributed by atoms with Gasteiger partial charge in [-0.05, 0) is 49.9 Å². The van der Waals surface area contributed by atoms with E-state index in [4.69, 9.17) is 4.74 Å². The van der Waals surface area contributed by atoms with Crippen LogP contribution in [-0.4, -0.2) is 28.4 Å². The summed E-state index contributed by atoms with van der Waals surface area (Å²) in [6.45, 7) is 2.05. The van der Waals surface area contributed by atoms with Gasteiger partial charge in [0.2, 0.25) is 0 Å². The van der Waals surface area contributed by atoms with Crippen LogP contribution in [0.4, 0.5) is 0 Å². The third kappa shape index (κ3) is 3.09. The SMILES string of the molecule is CCOC(=O)c1[nH]c2ccc(O)cc2c1CC1CCCCC1=O. The fourth-order valence-corrected chi connectivity index (χ4v) is 3.34. The molecule has 1 atom stereocenters. The molecule has 0 bridgehead atoms. The van der Waals surface area contributed by atoms with Gasteiger partial charge in [0, 0.05) is 23.2 Å². The number of aromatic hydroxyl groups is 1. The molecule has 0 radical (unpaired) electrons. The molecule has 1 aliphatic carbocycles. The average Bonchev–Trinajstić information content (AvgIpc) is 2.88. The first kappa shape index (κ1) is 15.6. The van der Waals surface area contributed by atoms with Crippen molar-refractivity contribution in [2.24, 2.45) is 5.92 Å². The van der Waals surface area contributed by atoms with Crippen LogP contribution in [0, 0.1) is 5.92 Å². The van der Waals surface area contributed by atoms with Gasteiger partial charge >= 0.3 is 5.97 Å². The molecule has 1 aromatic carbocycles. The lowest BCUT2D eigenvalue weighted by Crippen LogP contribution is -2.22. The minimum absolute atomic E-state index is 0.0572. The summed E-state index contributed by atoms with van der Waals surface area (Å²) in [5.74, 6) is -0.0663. The predicted octanol–water partition coefficient (Wildman–Crippen LogP) is 3.35. The van der Waals surface area contributed by atoms with Gasteiger partial charge in [0.25, 0.3) is 0 Å². The number of carbonyl (C=O) groups is 2. The molecule has 23 heavy (non-hydrogen) atoms. The molecule has 1 saturated carbocycles. The molecule has 0 saturated heterocycles. The summed E-state index contributed by atoms with van der Waals surface area (Å²) >= 11 is 0. The zero-order chi connectivity index (χ0) is 16.4. The van der Waals surface area contributed by atoms with Gasteiger partial charge in [0.15, 0.2) is 0 Å². The summed E-state index contributed by atoms with van der Waals surface area (Å²) in [5.41, 5.74) is 1.93. The number of benzene rings is 1. The number of carbonyl (C=O) groups excluding carboxylic acids is 2. The van der Waals surface area contributed by atoms with E-state index in [2.05, 4.69) is 4.98 Å². The number of Topliss-reactive ketones (excluding diaryl/α,β-unsaturated/α-hetero) is 1. The molecule has 0 amide bonds. The molecule has 0 spiro atoms. The normalized spacial score (nSPS) is 18.3. The van der Waals surface area contributed by atoms with E-state index >= 15 is 0 Å². The summed E-state index contributed by atoms with van der Waals surface area (Å²) in [4.78, 5) is 27.5. The highest BCUT2D eigenvalue weighted by Gasteiger charge is 2.27. The lowest BCUT2D eigenvalue weighted by atomic mass is 9.83. The van der Waals surface area contributed by atoms with Crippen molar-refractivity contribution in [1.82, 2.24) is 4.98 Å². The minimum atomic E-state index is -0.415. The number of ketones is 1. The lowest BCUT2D eigenvalue weighted by molar-refractivity contribution is -0.124. The minimum Gasteiger partial charge on any atom is -0.508 e. The molecule has 2 N–H and O–H groups in total. The summed E-state index contributed by atoms with van der Waals surface area (Å²) < 4.78 is 5.13. The number of rotatable bonds is 4. The van der Waals surface area contributed by atoms with Crippen molar-refractivity contribution >= 4 is 22.7 Å². The lowest BCUT2D eigenvalue weighted by Gasteiger charge is -2.20. The highest BCUT2D eigenvalue weighted by molar-refractivity contribution is 5.99. The Morgan fingerprint density at radius 3 is 2.96 bits per heavy atom. The van der Waals surface area contributed by atoms with Crippen molar-refractivity contribution in [1.29, 1.82) is 0 Å². The van der Waals surface area contributed by atoms with Crippen LogP contribution in [0.3, 0.4) is 0 Å². The van der Waals surface area contributed by atoms with Crippen LogP contribution in [0.2, 0.25) is 0 Å². The Labute approximate surface area is 134 Å². The van der Waals surface area contributed by atoms with Crippen molar-refractivity contribution in [2.45, 2.75) is 39.0 Å². The van der Waals surface area contributed by atoms with Crippen LogP contribution in [0.5, 0.6) is 5.75 Å². The van der Waals surface area contributed by atoms with Crippen molar-refractivity contribution in [3.63, 3.8) is 0 Å². The van der Waals surface area contributed by atoms with E-state index < -0.39 is 5.97 Å². The first-order valence-corrected chi connectivity index (χ1v) is 8.13. The molecule has 1 fully saturated rings. The maximum atomic E-state index is 12.2. The van der Waals surface area contributed by atoms with Crippen LogP contribution < -0.4 is 0 Å². The summed E-state index contributed by atoms with van der Waals surface area (Å²) in [7, 11) is 0. The van der Waals surface area contributed by atoms with E-state index in [1.165, 1.54) is 0 Å². The molecule has 5 nitrogen and oxygen atoms in total. The number of hydrogen-bond acceptors (Lipinski definition) is 4. The maximum absolute atomic E-state index is 12.2. The smallest absolute Gasteiger partial charge is 0.355 e. The Kier molecular flexibility index (Phi) is 4.37. The van der Waals surface area contributed by atoms with Gasteiger partial charge in [-0.2, -0.15) is 0 Å². The summed E-state index contributed by atoms with van der Waals surface area (Å²) in [6, 6.07) is 4.94. The fraction of sp³-hybridized carbons (Fsp3) is 0.444. The van der Waals surface area contributed by atoms with Gasteiger partial charge in [-0.25, -0.2) is 4.79 Å². The number of aromatic nitrogens is 1. The third-order valence-corrected chi connectivity index (χ3v) is 4.50. The highest BCUT2D eigenvalue weighted by Crippen LogP contribution is 2.32. The Morgan fingerprint density at radius 2 is 2.22 bits per heavy atom. The maximum Gasteiger partial charge on any atom is 0.355 e. The van der Waals surface area contributed by atoms with Gasteiger partial charge in [-0.3, -0.25) is 4.79 Å². The molecular weight excluding hydrogens is 294 g/mol. The Hall–Kier alpha value is -2.30. The Bertz CT molecular complexity index is 747. The summed E-state index contributed by atoms with van der Waals surface area (Å²) in [6.07, 6.45) is 3.98. The van der Waals surface area contributed by atoms with Gasteiger partial charge in [-0.15, -0.1) is 0 Å². The van der Waals surface area contributed by atoms with Crippen molar-refractivity contribution in [3.05, 3.63) is 29.5 Å². The molecule has 5 heteroatoms. The van der Waals surface area contributed by atoms with Crippen LogP contribution in [0.1, 0.15) is 48.7 Å². The number of H-pyrrole nitrogens is 1. The predicted molar refractivity (Wildman–Crippen MR) is 86.6 cm³/mol. The Balaban J connectivity index is 2.03. The van der Waals surface area contributed by atoms with E-state index in [9.17, 15) is 14.7 Å². The number of hydrogen-bond donors (Lipinski definition) is 2. The highest BCUT2D eigenvalue weighted by atomic mass is 16.5. The van der Waals surface area contributed by atoms with E-state index in [0.29, 0.717) is 25.1 Å². The van der Waals surface area contributed by atoms with Gasteiger partial charge < -0.3 is 14.8 Å². The van der Waals surface area contributed by atoms with Crippen LogP contribution in [0.25, 0.3) is 10.9 Å². The third-order valence-electron chi connectivity index (χ3n) is 4.50. The van der Waals surface area contributed by atoms with Crippen molar-refractivity contribution in [2.75, 3.05) is 6.61 Å². The molecule has 1 heterocycles. The first-order valence-electron chi connectivity index (χ1n) is 8.13. The van der Waals surface area contributed by atoms with Crippen LogP contribution in [-0.2, 0) is 16.0 Å². The molecule has 1 aromatic heterocycles. The topological polar surface area (TPSA) is 79.4 Å².